The van der Waals surface area contributed by atoms with E-state index < -0.39 is 10.8 Å². The molecule has 0 saturated heterocycles. The van der Waals surface area contributed by atoms with Crippen molar-refractivity contribution in [2.24, 2.45) is 0 Å². The molecule has 0 unspecified atom stereocenters. The van der Waals surface area contributed by atoms with Crippen LogP contribution in [0.5, 0.6) is 0 Å². The molecule has 0 amide bonds. The summed E-state index contributed by atoms with van der Waals surface area (Å²) in [5.41, 5.74) is 2.17. The number of benzene rings is 1. The monoisotopic (exact) mass is 306 g/mol. The quantitative estimate of drug-likeness (QED) is 0.829. The number of aromatic nitrogens is 1. The van der Waals surface area contributed by atoms with Crippen LogP contribution in [0.2, 0.25) is 0 Å². The summed E-state index contributed by atoms with van der Waals surface area (Å²) in [5, 5.41) is 4.38. The second kappa shape index (κ2) is 7.45. The SMILES string of the molecule is CCSc1ccc(NCc2ccc([S@](C)=O)cc2)cn1. The average molecular weight is 306 g/mol. The van der Waals surface area contributed by atoms with Crippen molar-refractivity contribution in [2.45, 2.75) is 23.4 Å². The lowest BCUT2D eigenvalue weighted by Gasteiger charge is -2.07. The van der Waals surface area contributed by atoms with Gasteiger partial charge in [0.05, 0.1) is 16.9 Å². The lowest BCUT2D eigenvalue weighted by Crippen LogP contribution is -2.00. The van der Waals surface area contributed by atoms with Gasteiger partial charge in [-0.15, -0.1) is 11.8 Å². The molecule has 0 saturated carbocycles. The van der Waals surface area contributed by atoms with Crippen molar-refractivity contribution in [3.8, 4) is 0 Å². The first kappa shape index (κ1) is 15.1. The maximum absolute atomic E-state index is 11.3. The standard InChI is InChI=1S/C15H18N2OS2/c1-3-19-15-9-6-13(11-17-15)16-10-12-4-7-14(8-5-12)20(2)18/h4-9,11,16H,3,10H2,1-2H3/t20-/m0/s1. The summed E-state index contributed by atoms with van der Waals surface area (Å²) in [4.78, 5) is 5.24. The molecule has 1 aromatic heterocycles. The molecule has 1 heterocycles. The van der Waals surface area contributed by atoms with E-state index in [1.165, 1.54) is 0 Å². The molecule has 1 N–H and O–H groups in total. The van der Waals surface area contributed by atoms with Crippen LogP contribution in [0.15, 0.2) is 52.5 Å². The number of nitrogens with zero attached hydrogens (tertiary/aromatic N) is 1. The predicted molar refractivity (Wildman–Crippen MR) is 86.7 cm³/mol. The van der Waals surface area contributed by atoms with Gasteiger partial charge in [0, 0.05) is 28.5 Å². The van der Waals surface area contributed by atoms with Crippen LogP contribution in [-0.4, -0.2) is 21.2 Å². The van der Waals surface area contributed by atoms with Gasteiger partial charge in [-0.3, -0.25) is 4.21 Å². The number of thioether (sulfide) groups is 1. The molecule has 0 bridgehead atoms. The van der Waals surface area contributed by atoms with Crippen molar-refractivity contribution in [2.75, 3.05) is 17.3 Å². The zero-order valence-electron chi connectivity index (χ0n) is 11.6. The number of anilines is 1. The van der Waals surface area contributed by atoms with Gasteiger partial charge in [-0.05, 0) is 35.6 Å². The highest BCUT2D eigenvalue weighted by atomic mass is 32.2. The van der Waals surface area contributed by atoms with Crippen molar-refractivity contribution < 1.29 is 4.21 Å². The van der Waals surface area contributed by atoms with Gasteiger partial charge in [0.15, 0.2) is 0 Å². The molecule has 0 aliphatic heterocycles. The van der Waals surface area contributed by atoms with Crippen LogP contribution >= 0.6 is 11.8 Å². The van der Waals surface area contributed by atoms with Gasteiger partial charge in [-0.25, -0.2) is 4.98 Å². The van der Waals surface area contributed by atoms with E-state index in [4.69, 9.17) is 0 Å². The average Bonchev–Trinajstić information content (AvgIpc) is 2.47. The van der Waals surface area contributed by atoms with Gasteiger partial charge in [0.1, 0.15) is 0 Å². The van der Waals surface area contributed by atoms with Crippen LogP contribution in [0.25, 0.3) is 0 Å². The van der Waals surface area contributed by atoms with Crippen LogP contribution in [0.4, 0.5) is 5.69 Å². The van der Waals surface area contributed by atoms with E-state index in [-0.39, 0.29) is 0 Å². The molecule has 0 aliphatic carbocycles. The van der Waals surface area contributed by atoms with E-state index in [1.807, 2.05) is 42.6 Å². The van der Waals surface area contributed by atoms with Crippen molar-refractivity contribution in [1.82, 2.24) is 4.98 Å². The van der Waals surface area contributed by atoms with E-state index >= 15 is 0 Å². The van der Waals surface area contributed by atoms with Crippen molar-refractivity contribution in [3.05, 3.63) is 48.2 Å². The fraction of sp³-hybridized carbons (Fsp3) is 0.267. The van der Waals surface area contributed by atoms with Crippen molar-refractivity contribution in [1.29, 1.82) is 0 Å². The summed E-state index contributed by atoms with van der Waals surface area (Å²) in [5.74, 6) is 1.03. The smallest absolute Gasteiger partial charge is 0.0961 e. The predicted octanol–water partition coefficient (Wildman–Crippen LogP) is 3.54. The minimum Gasteiger partial charge on any atom is -0.380 e. The third-order valence-corrected chi connectivity index (χ3v) is 4.54. The Morgan fingerprint density at radius 2 is 1.95 bits per heavy atom. The van der Waals surface area contributed by atoms with E-state index in [1.54, 1.807) is 18.0 Å². The first-order chi connectivity index (χ1) is 9.69. The molecule has 2 aromatic rings. The Kier molecular flexibility index (Phi) is 5.61. The Bertz CT molecular complexity index is 567. The Morgan fingerprint density at radius 1 is 1.20 bits per heavy atom. The molecule has 0 aliphatic rings. The summed E-state index contributed by atoms with van der Waals surface area (Å²) in [7, 11) is -0.915. The number of nitrogens with one attached hydrogen (secondary N) is 1. The third-order valence-electron chi connectivity index (χ3n) is 2.78. The molecular weight excluding hydrogens is 288 g/mol. The number of hydrogen-bond donors (Lipinski definition) is 1. The largest absolute Gasteiger partial charge is 0.380 e. The van der Waals surface area contributed by atoms with Gasteiger partial charge in [0.2, 0.25) is 0 Å². The van der Waals surface area contributed by atoms with Gasteiger partial charge in [0.25, 0.3) is 0 Å². The topological polar surface area (TPSA) is 42.0 Å². The zero-order valence-corrected chi connectivity index (χ0v) is 13.3. The molecule has 5 heteroatoms. The Hall–Kier alpha value is -1.33. The molecule has 1 aromatic carbocycles. The molecule has 106 valence electrons. The highest BCUT2D eigenvalue weighted by Crippen LogP contribution is 2.17. The van der Waals surface area contributed by atoms with Gasteiger partial charge >= 0.3 is 0 Å². The van der Waals surface area contributed by atoms with Crippen LogP contribution in [0, 0.1) is 0 Å². The van der Waals surface area contributed by atoms with Crippen molar-refractivity contribution >= 4 is 28.2 Å². The van der Waals surface area contributed by atoms with E-state index in [0.717, 1.165) is 33.5 Å². The second-order valence-electron chi connectivity index (χ2n) is 4.27. The van der Waals surface area contributed by atoms with E-state index in [9.17, 15) is 4.21 Å². The van der Waals surface area contributed by atoms with Crippen LogP contribution in [-0.2, 0) is 17.3 Å². The summed E-state index contributed by atoms with van der Waals surface area (Å²) in [6, 6.07) is 11.9. The summed E-state index contributed by atoms with van der Waals surface area (Å²) in [6.45, 7) is 2.85. The van der Waals surface area contributed by atoms with Gasteiger partial charge in [-0.1, -0.05) is 19.1 Å². The van der Waals surface area contributed by atoms with Crippen LogP contribution < -0.4 is 5.32 Å². The molecule has 0 spiro atoms. The number of rotatable bonds is 6. The summed E-state index contributed by atoms with van der Waals surface area (Å²) >= 11 is 1.74. The molecule has 1 atom stereocenters. The zero-order chi connectivity index (χ0) is 14.4. The minimum absolute atomic E-state index is 0.735. The fourth-order valence-electron chi connectivity index (χ4n) is 1.72. The number of pyridine rings is 1. The van der Waals surface area contributed by atoms with Gasteiger partial charge < -0.3 is 5.32 Å². The molecule has 3 nitrogen and oxygen atoms in total. The lowest BCUT2D eigenvalue weighted by molar-refractivity contribution is 0.687. The second-order valence-corrected chi connectivity index (χ2v) is 6.93. The molecule has 0 radical (unpaired) electrons. The highest BCUT2D eigenvalue weighted by Gasteiger charge is 1.99. The van der Waals surface area contributed by atoms with Crippen molar-refractivity contribution in [3.63, 3.8) is 0 Å². The first-order valence-electron chi connectivity index (χ1n) is 6.44. The molecule has 2 rings (SSSR count). The van der Waals surface area contributed by atoms with Gasteiger partial charge in [-0.2, -0.15) is 0 Å². The highest BCUT2D eigenvalue weighted by molar-refractivity contribution is 7.99. The summed E-state index contributed by atoms with van der Waals surface area (Å²) in [6.07, 6.45) is 3.54. The minimum atomic E-state index is -0.915. The number of hydrogen-bond acceptors (Lipinski definition) is 4. The Balaban J connectivity index is 1.92. The molecule has 20 heavy (non-hydrogen) atoms. The molecular formula is C15H18N2OS2. The summed E-state index contributed by atoms with van der Waals surface area (Å²) < 4.78 is 11.3. The maximum Gasteiger partial charge on any atom is 0.0961 e. The first-order valence-corrected chi connectivity index (χ1v) is 8.98. The van der Waals surface area contributed by atoms with E-state index in [2.05, 4.69) is 17.2 Å². The molecule has 0 fully saturated rings. The Labute approximate surface area is 126 Å². The van der Waals surface area contributed by atoms with Crippen LogP contribution in [0.3, 0.4) is 0 Å². The third kappa shape index (κ3) is 4.35. The van der Waals surface area contributed by atoms with Crippen LogP contribution in [0.1, 0.15) is 12.5 Å². The lowest BCUT2D eigenvalue weighted by atomic mass is 10.2. The maximum atomic E-state index is 11.3. The fourth-order valence-corrected chi connectivity index (χ4v) is 2.83. The Morgan fingerprint density at radius 3 is 2.50 bits per heavy atom. The normalized spacial score (nSPS) is 12.1. The van der Waals surface area contributed by atoms with E-state index in [0.29, 0.717) is 0 Å².